The molecule has 0 bridgehead atoms. The van der Waals surface area contributed by atoms with Crippen LogP contribution in [0.5, 0.6) is 0 Å². The summed E-state index contributed by atoms with van der Waals surface area (Å²) in [6.45, 7) is 5.54. The van der Waals surface area contributed by atoms with Gasteiger partial charge in [-0.3, -0.25) is 4.79 Å². The maximum atomic E-state index is 13.8. The average molecular weight is 492 g/mol. The molecule has 5 heteroatoms. The number of ether oxygens (including phenoxy) is 1. The van der Waals surface area contributed by atoms with Gasteiger partial charge in [-0.15, -0.1) is 6.42 Å². The van der Waals surface area contributed by atoms with Gasteiger partial charge >= 0.3 is 6.09 Å². The zero-order valence-corrected chi connectivity index (χ0v) is 21.3. The van der Waals surface area contributed by atoms with E-state index in [1.807, 2.05) is 75.4 Å². The van der Waals surface area contributed by atoms with Gasteiger partial charge in [-0.05, 0) is 63.3 Å². The number of benzene rings is 3. The number of rotatable bonds is 4. The molecular weight excluding hydrogens is 462 g/mol. The van der Waals surface area contributed by atoms with Gasteiger partial charge in [0.05, 0.1) is 22.1 Å². The zero-order chi connectivity index (χ0) is 26.2. The number of hydrogen-bond donors (Lipinski definition) is 1. The third-order valence-electron chi connectivity index (χ3n) is 6.78. The van der Waals surface area contributed by atoms with Crippen LogP contribution in [0.3, 0.4) is 0 Å². The van der Waals surface area contributed by atoms with Crippen molar-refractivity contribution in [1.82, 2.24) is 5.32 Å². The second kappa shape index (κ2) is 9.29. The largest absolute Gasteiger partial charge is 0.454 e. The summed E-state index contributed by atoms with van der Waals surface area (Å²) in [5.41, 5.74) is 2.73. The topological polar surface area (TPSA) is 68.5 Å². The molecule has 5 nitrogen and oxygen atoms in total. The summed E-state index contributed by atoms with van der Waals surface area (Å²) in [6, 6.07) is 22.6. The highest BCUT2D eigenvalue weighted by atomic mass is 16.6. The molecule has 1 aromatic heterocycles. The number of carbonyl (C=O) groups is 1. The molecule has 37 heavy (non-hydrogen) atoms. The number of amides is 1. The van der Waals surface area contributed by atoms with Crippen LogP contribution in [0.25, 0.3) is 33.4 Å². The lowest BCUT2D eigenvalue weighted by Gasteiger charge is -2.43. The van der Waals surface area contributed by atoms with E-state index in [1.54, 1.807) is 18.2 Å². The van der Waals surface area contributed by atoms with E-state index in [9.17, 15) is 9.59 Å². The quantitative estimate of drug-likeness (QED) is 0.312. The highest BCUT2D eigenvalue weighted by Crippen LogP contribution is 2.42. The Bertz CT molecular complexity index is 1560. The summed E-state index contributed by atoms with van der Waals surface area (Å²) in [4.78, 5) is 26.4. The highest BCUT2D eigenvalue weighted by Gasteiger charge is 2.41. The van der Waals surface area contributed by atoms with E-state index >= 15 is 0 Å². The van der Waals surface area contributed by atoms with Crippen molar-refractivity contribution in [3.8, 4) is 34.8 Å². The lowest BCUT2D eigenvalue weighted by molar-refractivity contribution is 0.0377. The number of alkyl carbamates (subject to hydrolysis) is 1. The van der Waals surface area contributed by atoms with Crippen molar-refractivity contribution in [2.24, 2.45) is 0 Å². The fraction of sp³-hybridized carbons (Fsp3) is 0.250. The number of hydrogen-bond acceptors (Lipinski definition) is 4. The SMILES string of the molecule is C#Cc1cccc2c(=O)c(-c3ccc(C4(NC(=O)OC(C)(C)C)CCC4)cc3)c(-c3ccccc3)oc12. The summed E-state index contributed by atoms with van der Waals surface area (Å²) in [5.74, 6) is 3.10. The van der Waals surface area contributed by atoms with Crippen LogP contribution in [0.1, 0.15) is 51.2 Å². The first-order valence-corrected chi connectivity index (χ1v) is 12.4. The molecule has 186 valence electrons. The Balaban J connectivity index is 1.60. The van der Waals surface area contributed by atoms with Gasteiger partial charge < -0.3 is 14.5 Å². The molecule has 0 radical (unpaired) electrons. The van der Waals surface area contributed by atoms with E-state index in [-0.39, 0.29) is 5.43 Å². The minimum atomic E-state index is -0.573. The molecule has 1 aliphatic carbocycles. The number of terminal acetylenes is 1. The summed E-state index contributed by atoms with van der Waals surface area (Å²) in [5, 5.41) is 3.53. The first kappa shape index (κ1) is 24.4. The first-order valence-electron chi connectivity index (χ1n) is 12.4. The summed E-state index contributed by atoms with van der Waals surface area (Å²) < 4.78 is 11.9. The van der Waals surface area contributed by atoms with Crippen molar-refractivity contribution in [2.45, 2.75) is 51.2 Å². The predicted molar refractivity (Wildman–Crippen MR) is 146 cm³/mol. The lowest BCUT2D eigenvalue weighted by Crippen LogP contribution is -2.52. The van der Waals surface area contributed by atoms with E-state index in [4.69, 9.17) is 15.6 Å². The molecule has 1 N–H and O–H groups in total. The van der Waals surface area contributed by atoms with Crippen LogP contribution < -0.4 is 10.7 Å². The van der Waals surface area contributed by atoms with Gasteiger partial charge in [0.15, 0.2) is 5.58 Å². The maximum Gasteiger partial charge on any atom is 0.408 e. The Labute approximate surface area is 216 Å². The first-order chi connectivity index (χ1) is 17.7. The molecule has 3 aromatic carbocycles. The van der Waals surface area contributed by atoms with E-state index in [0.717, 1.165) is 36.0 Å². The molecule has 0 aliphatic heterocycles. The van der Waals surface area contributed by atoms with E-state index in [0.29, 0.717) is 27.9 Å². The summed E-state index contributed by atoms with van der Waals surface area (Å²) in [7, 11) is 0. The molecule has 0 unspecified atom stereocenters. The fourth-order valence-electron chi connectivity index (χ4n) is 4.86. The molecule has 4 aromatic rings. The summed E-state index contributed by atoms with van der Waals surface area (Å²) in [6.07, 6.45) is 7.94. The molecule has 1 amide bonds. The van der Waals surface area contributed by atoms with Crippen LogP contribution in [-0.4, -0.2) is 11.7 Å². The monoisotopic (exact) mass is 491 g/mol. The number of carbonyl (C=O) groups excluding carboxylic acids is 1. The highest BCUT2D eigenvalue weighted by molar-refractivity contribution is 5.91. The van der Waals surface area contributed by atoms with Gasteiger partial charge in [-0.1, -0.05) is 66.6 Å². The van der Waals surface area contributed by atoms with Gasteiger partial charge in [0, 0.05) is 5.56 Å². The Morgan fingerprint density at radius 3 is 2.27 bits per heavy atom. The Morgan fingerprint density at radius 2 is 1.68 bits per heavy atom. The molecular formula is C32H29NO4. The van der Waals surface area contributed by atoms with Gasteiger partial charge in [0.25, 0.3) is 0 Å². The van der Waals surface area contributed by atoms with Gasteiger partial charge in [-0.2, -0.15) is 0 Å². The van der Waals surface area contributed by atoms with Crippen LogP contribution in [0.2, 0.25) is 0 Å². The number of fused-ring (bicyclic) bond motifs is 1. The summed E-state index contributed by atoms with van der Waals surface area (Å²) >= 11 is 0. The molecule has 0 spiro atoms. The normalized spacial score (nSPS) is 14.4. The lowest BCUT2D eigenvalue weighted by atomic mass is 9.71. The standard InChI is InChI=1S/C32H29NO4/c1-5-21-13-9-14-25-27(34)26(29(36-28(21)25)23-11-7-6-8-12-23)22-15-17-24(18-16-22)32(19-10-20-32)33-30(35)37-31(2,3)4/h1,6-9,11-18H,10,19-20H2,2-4H3,(H,33,35). The second-order valence-corrected chi connectivity index (χ2v) is 10.5. The minimum absolute atomic E-state index is 0.143. The number of para-hydroxylation sites is 1. The maximum absolute atomic E-state index is 13.8. The van der Waals surface area contributed by atoms with Gasteiger partial charge in [-0.25, -0.2) is 4.79 Å². The van der Waals surface area contributed by atoms with Crippen molar-refractivity contribution < 1.29 is 13.9 Å². The fourth-order valence-corrected chi connectivity index (χ4v) is 4.86. The van der Waals surface area contributed by atoms with E-state index in [1.165, 1.54) is 0 Å². The minimum Gasteiger partial charge on any atom is -0.454 e. The molecule has 0 saturated heterocycles. The Hall–Kier alpha value is -4.30. The van der Waals surface area contributed by atoms with Crippen LogP contribution in [0, 0.1) is 12.3 Å². The van der Waals surface area contributed by atoms with Crippen molar-refractivity contribution in [1.29, 1.82) is 0 Å². The molecule has 5 rings (SSSR count). The van der Waals surface area contributed by atoms with Crippen LogP contribution in [0.4, 0.5) is 4.79 Å². The predicted octanol–water partition coefficient (Wildman–Crippen LogP) is 7.01. The zero-order valence-electron chi connectivity index (χ0n) is 21.3. The molecule has 1 heterocycles. The third kappa shape index (κ3) is 4.63. The van der Waals surface area contributed by atoms with Crippen LogP contribution in [0.15, 0.2) is 82.0 Å². The van der Waals surface area contributed by atoms with Gasteiger partial charge in [0.1, 0.15) is 11.4 Å². The van der Waals surface area contributed by atoms with Gasteiger partial charge in [0.2, 0.25) is 5.43 Å². The Morgan fingerprint density at radius 1 is 0.973 bits per heavy atom. The van der Waals surface area contributed by atoms with Crippen molar-refractivity contribution >= 4 is 17.1 Å². The van der Waals surface area contributed by atoms with E-state index < -0.39 is 17.2 Å². The van der Waals surface area contributed by atoms with Crippen molar-refractivity contribution in [3.05, 3.63) is 94.1 Å². The second-order valence-electron chi connectivity index (χ2n) is 10.5. The van der Waals surface area contributed by atoms with Crippen molar-refractivity contribution in [3.63, 3.8) is 0 Å². The van der Waals surface area contributed by atoms with Crippen LogP contribution in [-0.2, 0) is 10.3 Å². The average Bonchev–Trinajstić information content (AvgIpc) is 2.85. The Kier molecular flexibility index (Phi) is 6.13. The van der Waals surface area contributed by atoms with Crippen molar-refractivity contribution in [2.75, 3.05) is 0 Å². The van der Waals surface area contributed by atoms with E-state index in [2.05, 4.69) is 11.2 Å². The smallest absolute Gasteiger partial charge is 0.408 e. The third-order valence-corrected chi connectivity index (χ3v) is 6.78. The molecule has 0 atom stereocenters. The molecule has 1 aliphatic rings. The number of nitrogens with one attached hydrogen (secondary N) is 1. The molecule has 1 saturated carbocycles. The van der Waals surface area contributed by atoms with Crippen LogP contribution >= 0.6 is 0 Å². The molecule has 1 fully saturated rings.